The number of hydrogen-bond donors (Lipinski definition) is 0. The van der Waals surface area contributed by atoms with Crippen LogP contribution in [0.15, 0.2) is 65.6 Å². The van der Waals surface area contributed by atoms with Crippen molar-refractivity contribution in [2.24, 2.45) is 0 Å². The molecule has 0 radical (unpaired) electrons. The number of aryl methyl sites for hydroxylation is 1. The van der Waals surface area contributed by atoms with Gasteiger partial charge in [0.2, 0.25) is 0 Å². The molecule has 2 aromatic carbocycles. The van der Waals surface area contributed by atoms with Crippen LogP contribution in [0.25, 0.3) is 16.8 Å². The molecular weight excluding hydrogens is 348 g/mol. The molecule has 0 unspecified atom stereocenters. The minimum Gasteiger partial charge on any atom is -0.268 e. The van der Waals surface area contributed by atoms with Crippen LogP contribution in [-0.4, -0.2) is 15.2 Å². The fraction of sp³-hybridized carbons (Fsp3) is 0.0500. The molecule has 0 aliphatic carbocycles. The molecule has 25 heavy (non-hydrogen) atoms. The Bertz CT molecular complexity index is 1040. The molecule has 0 saturated carbocycles. The van der Waals surface area contributed by atoms with Crippen molar-refractivity contribution >= 4 is 56.7 Å². The highest BCUT2D eigenvalue weighted by Gasteiger charge is 2.34. The molecule has 1 fully saturated rings. The Kier molecular flexibility index (Phi) is 4.11. The third-order valence-corrected chi connectivity index (χ3v) is 5.29. The van der Waals surface area contributed by atoms with Gasteiger partial charge < -0.3 is 0 Å². The van der Waals surface area contributed by atoms with E-state index in [9.17, 15) is 4.79 Å². The third-order valence-electron chi connectivity index (χ3n) is 3.99. The van der Waals surface area contributed by atoms with Crippen LogP contribution in [-0.2, 0) is 4.79 Å². The zero-order valence-corrected chi connectivity index (χ0v) is 15.1. The van der Waals surface area contributed by atoms with Crippen LogP contribution >= 0.6 is 24.0 Å². The second kappa shape index (κ2) is 6.43. The topological polar surface area (TPSA) is 33.2 Å². The number of rotatable bonds is 2. The molecule has 0 N–H and O–H groups in total. The van der Waals surface area contributed by atoms with Crippen molar-refractivity contribution in [3.63, 3.8) is 0 Å². The van der Waals surface area contributed by atoms with Gasteiger partial charge in [-0.15, -0.1) is 0 Å². The molecule has 0 spiro atoms. The Morgan fingerprint density at radius 2 is 1.80 bits per heavy atom. The molecule has 0 atom stereocenters. The van der Waals surface area contributed by atoms with E-state index < -0.39 is 0 Å². The Balaban J connectivity index is 1.77. The van der Waals surface area contributed by atoms with Crippen LogP contribution in [0.3, 0.4) is 0 Å². The first-order valence-electron chi connectivity index (χ1n) is 7.83. The lowest BCUT2D eigenvalue weighted by molar-refractivity contribution is -0.113. The lowest BCUT2D eigenvalue weighted by Crippen LogP contribution is -2.27. The number of nitrogens with zero attached hydrogens (tertiary/aromatic N) is 2. The largest absolute Gasteiger partial charge is 0.270 e. The predicted molar refractivity (Wildman–Crippen MR) is 109 cm³/mol. The van der Waals surface area contributed by atoms with Gasteiger partial charge >= 0.3 is 0 Å². The van der Waals surface area contributed by atoms with Crippen LogP contribution in [0.5, 0.6) is 0 Å². The van der Waals surface area contributed by atoms with Crippen molar-refractivity contribution in [2.75, 3.05) is 4.90 Å². The fourth-order valence-electron chi connectivity index (χ4n) is 2.86. The molecule has 2 heterocycles. The average Bonchev–Trinajstić information content (AvgIpc) is 2.88. The number of thioether (sulfide) groups is 1. The number of amides is 1. The summed E-state index contributed by atoms with van der Waals surface area (Å²) in [6, 6.07) is 19.6. The predicted octanol–water partition coefficient (Wildman–Crippen LogP) is 4.95. The van der Waals surface area contributed by atoms with E-state index in [1.165, 1.54) is 11.8 Å². The summed E-state index contributed by atoms with van der Waals surface area (Å²) in [7, 11) is 0. The molecule has 3 aromatic rings. The third kappa shape index (κ3) is 2.97. The van der Waals surface area contributed by atoms with Crippen LogP contribution in [0.1, 0.15) is 11.4 Å². The highest BCUT2D eigenvalue weighted by atomic mass is 32.2. The maximum Gasteiger partial charge on any atom is 0.270 e. The summed E-state index contributed by atoms with van der Waals surface area (Å²) in [6.45, 7) is 1.93. The molecule has 0 bridgehead atoms. The Hall–Kier alpha value is -2.50. The highest BCUT2D eigenvalue weighted by molar-refractivity contribution is 8.27. The average molecular weight is 362 g/mol. The van der Waals surface area contributed by atoms with Gasteiger partial charge in [0.1, 0.15) is 0 Å². The van der Waals surface area contributed by atoms with Crippen molar-refractivity contribution < 1.29 is 4.79 Å². The maximum absolute atomic E-state index is 13.0. The number of fused-ring (bicyclic) bond motifs is 1. The standard InChI is InChI=1S/C20H14N2OS2/c1-13-6-4-9-15(21-13)12-18-19(23)22(20(24)25-18)17-11-5-8-14-7-2-3-10-16(14)17/h2-12H,1H3/b18-12-. The van der Waals surface area contributed by atoms with Crippen LogP contribution in [0.2, 0.25) is 0 Å². The Morgan fingerprint density at radius 1 is 1.04 bits per heavy atom. The number of hydrogen-bond acceptors (Lipinski definition) is 4. The van der Waals surface area contributed by atoms with E-state index in [2.05, 4.69) is 4.98 Å². The molecule has 1 aliphatic heterocycles. The van der Waals surface area contributed by atoms with E-state index in [0.29, 0.717) is 9.23 Å². The van der Waals surface area contributed by atoms with E-state index >= 15 is 0 Å². The SMILES string of the molecule is Cc1cccc(/C=C2\SC(=S)N(c3cccc4ccccc34)C2=O)n1. The first kappa shape index (κ1) is 16.0. The minimum atomic E-state index is -0.102. The van der Waals surface area contributed by atoms with E-state index in [1.54, 1.807) is 11.0 Å². The Labute approximate surface area is 155 Å². The fourth-order valence-corrected chi connectivity index (χ4v) is 4.13. The van der Waals surface area contributed by atoms with Crippen molar-refractivity contribution in [2.45, 2.75) is 6.92 Å². The van der Waals surface area contributed by atoms with E-state index in [1.807, 2.05) is 67.6 Å². The van der Waals surface area contributed by atoms with Gasteiger partial charge in [0, 0.05) is 11.1 Å². The zero-order chi connectivity index (χ0) is 17.4. The monoisotopic (exact) mass is 362 g/mol. The zero-order valence-electron chi connectivity index (χ0n) is 13.5. The Morgan fingerprint density at radius 3 is 2.64 bits per heavy atom. The number of thiocarbonyl (C=S) groups is 1. The molecule has 1 amide bonds. The summed E-state index contributed by atoms with van der Waals surface area (Å²) in [4.78, 5) is 19.6. The van der Waals surface area contributed by atoms with Gasteiger partial charge in [-0.05, 0) is 36.6 Å². The number of carbonyl (C=O) groups excluding carboxylic acids is 1. The van der Waals surface area contributed by atoms with Gasteiger partial charge in [-0.25, -0.2) is 0 Å². The van der Waals surface area contributed by atoms with Gasteiger partial charge in [0.15, 0.2) is 4.32 Å². The quantitative estimate of drug-likeness (QED) is 0.477. The molecule has 3 nitrogen and oxygen atoms in total. The molecule has 1 saturated heterocycles. The normalized spacial score (nSPS) is 16.2. The minimum absolute atomic E-state index is 0.102. The summed E-state index contributed by atoms with van der Waals surface area (Å²) in [5, 5.41) is 2.09. The number of carbonyl (C=O) groups is 1. The van der Waals surface area contributed by atoms with Gasteiger partial charge in [-0.1, -0.05) is 66.4 Å². The van der Waals surface area contributed by atoms with Gasteiger partial charge in [0.25, 0.3) is 5.91 Å². The number of aromatic nitrogens is 1. The van der Waals surface area contributed by atoms with E-state index in [4.69, 9.17) is 12.2 Å². The maximum atomic E-state index is 13.0. The summed E-state index contributed by atoms with van der Waals surface area (Å²) in [5.74, 6) is -0.102. The lowest BCUT2D eigenvalue weighted by Gasteiger charge is -2.17. The van der Waals surface area contributed by atoms with Gasteiger partial charge in [0.05, 0.1) is 16.3 Å². The molecule has 5 heteroatoms. The van der Waals surface area contributed by atoms with Crippen LogP contribution < -0.4 is 4.90 Å². The first-order chi connectivity index (χ1) is 12.1. The molecular formula is C20H14N2OS2. The molecule has 4 rings (SSSR count). The second-order valence-electron chi connectivity index (χ2n) is 5.72. The molecule has 1 aliphatic rings. The van der Waals surface area contributed by atoms with Gasteiger partial charge in [-0.2, -0.15) is 0 Å². The summed E-state index contributed by atoms with van der Waals surface area (Å²) >= 11 is 6.80. The van der Waals surface area contributed by atoms with Gasteiger partial charge in [-0.3, -0.25) is 14.7 Å². The first-order valence-corrected chi connectivity index (χ1v) is 9.05. The van der Waals surface area contributed by atoms with E-state index in [0.717, 1.165) is 27.8 Å². The number of anilines is 1. The summed E-state index contributed by atoms with van der Waals surface area (Å²) < 4.78 is 0.542. The highest BCUT2D eigenvalue weighted by Crippen LogP contribution is 2.38. The van der Waals surface area contributed by atoms with Crippen molar-refractivity contribution in [1.29, 1.82) is 0 Å². The number of benzene rings is 2. The van der Waals surface area contributed by atoms with Crippen molar-refractivity contribution in [3.05, 3.63) is 77.0 Å². The van der Waals surface area contributed by atoms with Crippen molar-refractivity contribution in [1.82, 2.24) is 4.98 Å². The smallest absolute Gasteiger partial charge is 0.268 e. The van der Waals surface area contributed by atoms with Crippen LogP contribution in [0, 0.1) is 6.92 Å². The number of pyridine rings is 1. The van der Waals surface area contributed by atoms with Crippen molar-refractivity contribution in [3.8, 4) is 0 Å². The lowest BCUT2D eigenvalue weighted by atomic mass is 10.1. The summed E-state index contributed by atoms with van der Waals surface area (Å²) in [6.07, 6.45) is 1.80. The molecule has 122 valence electrons. The van der Waals surface area contributed by atoms with E-state index in [-0.39, 0.29) is 5.91 Å². The van der Waals surface area contributed by atoms with Crippen LogP contribution in [0.4, 0.5) is 5.69 Å². The second-order valence-corrected chi connectivity index (χ2v) is 7.39. The molecule has 1 aromatic heterocycles. The summed E-state index contributed by atoms with van der Waals surface area (Å²) in [5.41, 5.74) is 2.50.